The molecule has 0 bridgehead atoms. The zero-order valence-electron chi connectivity index (χ0n) is 18.2. The summed E-state index contributed by atoms with van der Waals surface area (Å²) in [6.07, 6.45) is 0. The van der Waals surface area contributed by atoms with Crippen LogP contribution in [0.1, 0.15) is 13.8 Å². The Bertz CT molecular complexity index is 909. The SMILES string of the molecule is CC(Oc1ccccc1)(Oc1ccccc1)C(C)(Oc1ccccc1)Oc1ccccc1. The highest BCUT2D eigenvalue weighted by Gasteiger charge is 2.55. The third-order valence-corrected chi connectivity index (χ3v) is 5.05. The lowest BCUT2D eigenvalue weighted by atomic mass is 10.1. The van der Waals surface area contributed by atoms with Gasteiger partial charge in [-0.1, -0.05) is 72.8 Å². The summed E-state index contributed by atoms with van der Waals surface area (Å²) in [5, 5.41) is 0. The Morgan fingerprint density at radius 2 is 0.531 bits per heavy atom. The van der Waals surface area contributed by atoms with Crippen molar-refractivity contribution in [2.45, 2.75) is 25.4 Å². The average Bonchev–Trinajstić information content (AvgIpc) is 2.81. The molecule has 0 aromatic heterocycles. The average molecular weight is 427 g/mol. The van der Waals surface area contributed by atoms with Crippen molar-refractivity contribution in [2.75, 3.05) is 0 Å². The first-order valence-electron chi connectivity index (χ1n) is 10.5. The molecule has 0 unspecified atom stereocenters. The second-order valence-corrected chi connectivity index (χ2v) is 7.55. The fraction of sp³-hybridized carbons (Fsp3) is 0.143. The Morgan fingerprint density at radius 1 is 0.344 bits per heavy atom. The van der Waals surface area contributed by atoms with Gasteiger partial charge in [-0.05, 0) is 48.5 Å². The summed E-state index contributed by atoms with van der Waals surface area (Å²) < 4.78 is 25.8. The van der Waals surface area contributed by atoms with Gasteiger partial charge in [0, 0.05) is 13.8 Å². The molecule has 0 amide bonds. The molecule has 4 aromatic carbocycles. The molecule has 0 radical (unpaired) electrons. The van der Waals surface area contributed by atoms with Gasteiger partial charge in [-0.15, -0.1) is 0 Å². The van der Waals surface area contributed by atoms with Crippen LogP contribution in [0, 0.1) is 0 Å². The van der Waals surface area contributed by atoms with Gasteiger partial charge in [-0.3, -0.25) is 0 Å². The fourth-order valence-corrected chi connectivity index (χ4v) is 3.27. The van der Waals surface area contributed by atoms with Crippen molar-refractivity contribution < 1.29 is 18.9 Å². The van der Waals surface area contributed by atoms with E-state index in [1.165, 1.54) is 0 Å². The summed E-state index contributed by atoms with van der Waals surface area (Å²) in [4.78, 5) is 0. The second-order valence-electron chi connectivity index (χ2n) is 7.55. The zero-order chi connectivity index (χ0) is 22.3. The molecule has 0 atom stereocenters. The number of para-hydroxylation sites is 4. The van der Waals surface area contributed by atoms with E-state index in [1.54, 1.807) is 0 Å². The maximum atomic E-state index is 6.44. The van der Waals surface area contributed by atoms with Crippen molar-refractivity contribution in [1.82, 2.24) is 0 Å². The highest BCUT2D eigenvalue weighted by atomic mass is 16.8. The van der Waals surface area contributed by atoms with E-state index in [0.717, 1.165) is 0 Å². The van der Waals surface area contributed by atoms with Gasteiger partial charge in [0.15, 0.2) is 0 Å². The van der Waals surface area contributed by atoms with Crippen molar-refractivity contribution in [2.24, 2.45) is 0 Å². The summed E-state index contributed by atoms with van der Waals surface area (Å²) in [6.45, 7) is 3.64. The molecular formula is C28H26O4. The predicted octanol–water partition coefficient (Wildman–Crippen LogP) is 6.73. The normalized spacial score (nSPS) is 11.4. The summed E-state index contributed by atoms with van der Waals surface area (Å²) in [5.74, 6) is -0.227. The van der Waals surface area contributed by atoms with Gasteiger partial charge in [0.1, 0.15) is 23.0 Å². The maximum Gasteiger partial charge on any atom is 0.326 e. The molecule has 4 aromatic rings. The molecule has 32 heavy (non-hydrogen) atoms. The van der Waals surface area contributed by atoms with Crippen molar-refractivity contribution in [3.8, 4) is 23.0 Å². The van der Waals surface area contributed by atoms with Crippen LogP contribution in [0.25, 0.3) is 0 Å². The molecule has 0 aliphatic heterocycles. The summed E-state index contributed by atoms with van der Waals surface area (Å²) >= 11 is 0. The van der Waals surface area contributed by atoms with E-state index in [1.807, 2.05) is 135 Å². The molecule has 0 N–H and O–H groups in total. The van der Waals surface area contributed by atoms with E-state index in [4.69, 9.17) is 18.9 Å². The lowest BCUT2D eigenvalue weighted by molar-refractivity contribution is -0.287. The van der Waals surface area contributed by atoms with Gasteiger partial charge >= 0.3 is 11.6 Å². The third kappa shape index (κ3) is 5.03. The zero-order valence-corrected chi connectivity index (χ0v) is 18.2. The molecule has 0 heterocycles. The van der Waals surface area contributed by atoms with Crippen LogP contribution in [0.5, 0.6) is 23.0 Å². The largest absolute Gasteiger partial charge is 0.446 e. The molecule has 4 nitrogen and oxygen atoms in total. The summed E-state index contributed by atoms with van der Waals surface area (Å²) in [6, 6.07) is 38.0. The minimum Gasteiger partial charge on any atom is -0.446 e. The summed E-state index contributed by atoms with van der Waals surface area (Å²) in [5.41, 5.74) is 0. The molecule has 0 spiro atoms. The molecule has 0 saturated carbocycles. The Morgan fingerprint density at radius 3 is 0.719 bits per heavy atom. The van der Waals surface area contributed by atoms with E-state index in [2.05, 4.69) is 0 Å². The van der Waals surface area contributed by atoms with Crippen LogP contribution >= 0.6 is 0 Å². The highest BCUT2D eigenvalue weighted by molar-refractivity contribution is 5.28. The van der Waals surface area contributed by atoms with Gasteiger partial charge in [0.2, 0.25) is 0 Å². The van der Waals surface area contributed by atoms with E-state index >= 15 is 0 Å². The van der Waals surface area contributed by atoms with E-state index in [-0.39, 0.29) is 0 Å². The van der Waals surface area contributed by atoms with Gasteiger partial charge in [0.25, 0.3) is 0 Å². The van der Waals surface area contributed by atoms with Crippen LogP contribution in [0.2, 0.25) is 0 Å². The molecule has 0 saturated heterocycles. The molecule has 0 aliphatic carbocycles. The topological polar surface area (TPSA) is 36.9 Å². The number of rotatable bonds is 9. The lowest BCUT2D eigenvalue weighted by Gasteiger charge is -2.44. The Hall–Kier alpha value is -3.92. The second kappa shape index (κ2) is 9.48. The van der Waals surface area contributed by atoms with Crippen LogP contribution in [0.15, 0.2) is 121 Å². The number of benzene rings is 4. The van der Waals surface area contributed by atoms with Crippen molar-refractivity contribution >= 4 is 0 Å². The standard InChI is InChI=1S/C28H26O4/c1-27(29-23-15-7-3-8-16-23,30-24-17-9-4-10-18-24)28(2,31-25-19-11-5-12-20-25)32-26-21-13-6-14-22-26/h3-22H,1-2H3. The first kappa shape index (κ1) is 21.3. The van der Waals surface area contributed by atoms with Crippen LogP contribution in [0.3, 0.4) is 0 Å². The van der Waals surface area contributed by atoms with E-state index in [0.29, 0.717) is 23.0 Å². The molecule has 0 aliphatic rings. The molecule has 4 heteroatoms. The van der Waals surface area contributed by atoms with E-state index in [9.17, 15) is 0 Å². The Balaban J connectivity index is 1.78. The van der Waals surface area contributed by atoms with Gasteiger partial charge < -0.3 is 18.9 Å². The highest BCUT2D eigenvalue weighted by Crippen LogP contribution is 2.37. The first-order valence-corrected chi connectivity index (χ1v) is 10.5. The Labute approximate surface area is 189 Å². The molecule has 162 valence electrons. The van der Waals surface area contributed by atoms with Gasteiger partial charge in [-0.2, -0.15) is 0 Å². The third-order valence-electron chi connectivity index (χ3n) is 5.05. The van der Waals surface area contributed by atoms with Crippen LogP contribution in [0.4, 0.5) is 0 Å². The van der Waals surface area contributed by atoms with Crippen LogP contribution in [-0.2, 0) is 0 Å². The van der Waals surface area contributed by atoms with Gasteiger partial charge in [0.05, 0.1) is 0 Å². The van der Waals surface area contributed by atoms with Crippen molar-refractivity contribution in [1.29, 1.82) is 0 Å². The number of hydrogen-bond donors (Lipinski definition) is 0. The molecule has 0 fully saturated rings. The maximum absolute atomic E-state index is 6.44. The predicted molar refractivity (Wildman–Crippen MR) is 125 cm³/mol. The van der Waals surface area contributed by atoms with Crippen LogP contribution < -0.4 is 18.9 Å². The number of hydrogen-bond acceptors (Lipinski definition) is 4. The fourth-order valence-electron chi connectivity index (χ4n) is 3.27. The first-order chi connectivity index (χ1) is 15.6. The van der Waals surface area contributed by atoms with Crippen molar-refractivity contribution in [3.05, 3.63) is 121 Å². The van der Waals surface area contributed by atoms with Crippen LogP contribution in [-0.4, -0.2) is 11.6 Å². The Kier molecular flexibility index (Phi) is 6.31. The smallest absolute Gasteiger partial charge is 0.326 e. The number of ether oxygens (including phenoxy) is 4. The monoisotopic (exact) mass is 426 g/mol. The molecule has 4 rings (SSSR count). The van der Waals surface area contributed by atoms with Gasteiger partial charge in [-0.25, -0.2) is 0 Å². The lowest BCUT2D eigenvalue weighted by Crippen LogP contribution is -2.64. The molecular weight excluding hydrogens is 400 g/mol. The summed E-state index contributed by atoms with van der Waals surface area (Å²) in [7, 11) is 0. The minimum atomic E-state index is -1.37. The quantitative estimate of drug-likeness (QED) is 0.278. The minimum absolute atomic E-state index is 0.630. The van der Waals surface area contributed by atoms with Crippen molar-refractivity contribution in [3.63, 3.8) is 0 Å². The van der Waals surface area contributed by atoms with E-state index < -0.39 is 11.6 Å².